The van der Waals surface area contributed by atoms with Gasteiger partial charge in [-0.05, 0) is 32.4 Å². The van der Waals surface area contributed by atoms with Crippen LogP contribution in [0.25, 0.3) is 0 Å². The van der Waals surface area contributed by atoms with Gasteiger partial charge in [-0.3, -0.25) is 4.90 Å². The lowest BCUT2D eigenvalue weighted by molar-refractivity contribution is 0.311. The summed E-state index contributed by atoms with van der Waals surface area (Å²) >= 11 is 0. The van der Waals surface area contributed by atoms with E-state index >= 15 is 0 Å². The van der Waals surface area contributed by atoms with Gasteiger partial charge in [0.25, 0.3) is 0 Å². The van der Waals surface area contributed by atoms with Gasteiger partial charge >= 0.3 is 0 Å². The second kappa shape index (κ2) is 10.0. The first-order valence-electron chi connectivity index (χ1n) is 5.92. The Bertz CT molecular complexity index is 72.1. The summed E-state index contributed by atoms with van der Waals surface area (Å²) in [6, 6.07) is 0. The first-order chi connectivity index (χ1) is 6.35. The van der Waals surface area contributed by atoms with Crippen LogP contribution in [-0.2, 0) is 0 Å². The molecule has 0 aliphatic rings. The lowest BCUT2D eigenvalue weighted by Crippen LogP contribution is -2.23. The maximum atomic E-state index is 2.51. The molecule has 0 aromatic carbocycles. The van der Waals surface area contributed by atoms with Crippen LogP contribution in [-0.4, -0.2) is 18.0 Å². The molecule has 1 radical (unpaired) electrons. The molecule has 0 fully saturated rings. The number of hydrogen-bond acceptors (Lipinski definition) is 1. The molecule has 1 nitrogen and oxygen atoms in total. The number of nitrogens with zero attached hydrogens (tertiary/aromatic N) is 1. The van der Waals surface area contributed by atoms with E-state index in [1.807, 2.05) is 0 Å². The third-order valence-electron chi connectivity index (χ3n) is 2.27. The van der Waals surface area contributed by atoms with E-state index < -0.39 is 0 Å². The summed E-state index contributed by atoms with van der Waals surface area (Å²) in [5, 5.41) is 0. The summed E-state index contributed by atoms with van der Waals surface area (Å²) in [5.41, 5.74) is 0. The average molecular weight is 184 g/mol. The van der Waals surface area contributed by atoms with Crippen LogP contribution < -0.4 is 0 Å². The molecule has 0 aromatic heterocycles. The molecule has 0 unspecified atom stereocenters. The minimum absolute atomic E-state index is 1.24. The zero-order valence-corrected chi connectivity index (χ0v) is 9.68. The number of rotatable bonds is 9. The zero-order chi connectivity index (χ0) is 9.94. The van der Waals surface area contributed by atoms with Crippen LogP contribution in [0.15, 0.2) is 0 Å². The van der Waals surface area contributed by atoms with E-state index in [0.717, 1.165) is 0 Å². The Labute approximate surface area is 84.5 Å². The van der Waals surface area contributed by atoms with Crippen LogP contribution in [0.2, 0.25) is 0 Å². The van der Waals surface area contributed by atoms with Crippen molar-refractivity contribution in [1.82, 2.24) is 4.90 Å². The Hall–Kier alpha value is -0.0400. The van der Waals surface area contributed by atoms with Gasteiger partial charge in [0.15, 0.2) is 0 Å². The van der Waals surface area contributed by atoms with E-state index in [1.54, 1.807) is 0 Å². The summed E-state index contributed by atoms with van der Waals surface area (Å²) in [6.45, 7) is 11.7. The lowest BCUT2D eigenvalue weighted by atomic mass is 10.2. The first-order valence-corrected chi connectivity index (χ1v) is 5.92. The van der Waals surface area contributed by atoms with Gasteiger partial charge < -0.3 is 0 Å². The summed E-state index contributed by atoms with van der Waals surface area (Å²) < 4.78 is 0. The predicted octanol–water partition coefficient (Wildman–Crippen LogP) is 3.85. The molecule has 0 rings (SSSR count). The van der Waals surface area contributed by atoms with Crippen molar-refractivity contribution in [3.8, 4) is 0 Å². The molecule has 0 spiro atoms. The fraction of sp³-hybridized carbons (Fsp3) is 0.917. The fourth-order valence-electron chi connectivity index (χ4n) is 1.33. The van der Waals surface area contributed by atoms with Gasteiger partial charge in [-0.1, -0.05) is 40.0 Å². The van der Waals surface area contributed by atoms with Gasteiger partial charge in [0.05, 0.1) is 0 Å². The van der Waals surface area contributed by atoms with Crippen LogP contribution in [0, 0.1) is 6.54 Å². The van der Waals surface area contributed by atoms with Gasteiger partial charge in [0, 0.05) is 6.54 Å². The van der Waals surface area contributed by atoms with E-state index in [2.05, 4.69) is 32.2 Å². The number of hydrogen-bond donors (Lipinski definition) is 0. The third-order valence-corrected chi connectivity index (χ3v) is 2.27. The van der Waals surface area contributed by atoms with Crippen molar-refractivity contribution in [1.29, 1.82) is 0 Å². The van der Waals surface area contributed by atoms with Crippen molar-refractivity contribution in [2.75, 3.05) is 13.1 Å². The van der Waals surface area contributed by atoms with Crippen LogP contribution in [0.4, 0.5) is 0 Å². The molecule has 0 amide bonds. The Morgan fingerprint density at radius 3 is 1.77 bits per heavy atom. The third kappa shape index (κ3) is 8.29. The lowest BCUT2D eigenvalue weighted by Gasteiger charge is -2.20. The second-order valence-corrected chi connectivity index (χ2v) is 3.71. The highest BCUT2D eigenvalue weighted by Crippen LogP contribution is 2.05. The maximum Gasteiger partial charge on any atom is 0.0251 e. The van der Waals surface area contributed by atoms with Gasteiger partial charge in [0.2, 0.25) is 0 Å². The average Bonchev–Trinajstić information content (AvgIpc) is 2.17. The molecule has 0 atom stereocenters. The molecular weight excluding hydrogens is 158 g/mol. The van der Waals surface area contributed by atoms with E-state index in [4.69, 9.17) is 0 Å². The molecule has 0 heterocycles. The Morgan fingerprint density at radius 2 is 1.38 bits per heavy atom. The van der Waals surface area contributed by atoms with Gasteiger partial charge in [-0.25, -0.2) is 0 Å². The Morgan fingerprint density at radius 1 is 0.846 bits per heavy atom. The monoisotopic (exact) mass is 184 g/mol. The molecule has 0 saturated carbocycles. The highest BCUT2D eigenvalue weighted by molar-refractivity contribution is 4.67. The minimum Gasteiger partial charge on any atom is -0.299 e. The molecule has 0 N–H and O–H groups in total. The zero-order valence-electron chi connectivity index (χ0n) is 9.68. The molecule has 0 aliphatic heterocycles. The largest absolute Gasteiger partial charge is 0.299 e. The molecule has 0 aromatic rings. The molecule has 0 aliphatic carbocycles. The molecule has 1 heteroatoms. The highest BCUT2D eigenvalue weighted by Gasteiger charge is 2.02. The topological polar surface area (TPSA) is 3.24 Å². The SMILES string of the molecule is CCC[CH]N(CCCC)CCCC. The fourth-order valence-corrected chi connectivity index (χ4v) is 1.33. The van der Waals surface area contributed by atoms with Crippen LogP contribution in [0.1, 0.15) is 59.3 Å². The van der Waals surface area contributed by atoms with Crippen LogP contribution >= 0.6 is 0 Å². The van der Waals surface area contributed by atoms with Gasteiger partial charge in [0.1, 0.15) is 0 Å². The van der Waals surface area contributed by atoms with Crippen molar-refractivity contribution in [3.05, 3.63) is 6.54 Å². The highest BCUT2D eigenvalue weighted by atomic mass is 15.1. The molecule has 0 bridgehead atoms. The van der Waals surface area contributed by atoms with Gasteiger partial charge in [-0.2, -0.15) is 0 Å². The van der Waals surface area contributed by atoms with Crippen molar-refractivity contribution < 1.29 is 0 Å². The van der Waals surface area contributed by atoms with E-state index in [0.29, 0.717) is 0 Å². The minimum atomic E-state index is 1.24. The van der Waals surface area contributed by atoms with E-state index in [1.165, 1.54) is 51.6 Å². The summed E-state index contributed by atoms with van der Waals surface area (Å²) in [7, 11) is 0. The first kappa shape index (κ1) is 13.0. The quantitative estimate of drug-likeness (QED) is 0.526. The van der Waals surface area contributed by atoms with Gasteiger partial charge in [-0.15, -0.1) is 0 Å². The van der Waals surface area contributed by atoms with Crippen molar-refractivity contribution >= 4 is 0 Å². The van der Waals surface area contributed by atoms with Crippen LogP contribution in [0.5, 0.6) is 0 Å². The molecule has 0 saturated heterocycles. The van der Waals surface area contributed by atoms with E-state index in [-0.39, 0.29) is 0 Å². The Balaban J connectivity index is 3.47. The smallest absolute Gasteiger partial charge is 0.0251 e. The van der Waals surface area contributed by atoms with Crippen LogP contribution in [0.3, 0.4) is 0 Å². The summed E-state index contributed by atoms with van der Waals surface area (Å²) in [4.78, 5) is 2.51. The standard InChI is InChI=1S/C12H26N/c1-4-7-10-13(11-8-5-2)12-9-6-3/h10H,4-9,11-12H2,1-3H3. The Kier molecular flexibility index (Phi) is 10.0. The van der Waals surface area contributed by atoms with Crippen molar-refractivity contribution in [2.45, 2.75) is 59.3 Å². The van der Waals surface area contributed by atoms with E-state index in [9.17, 15) is 0 Å². The van der Waals surface area contributed by atoms with Crippen molar-refractivity contribution in [2.24, 2.45) is 0 Å². The molecule has 13 heavy (non-hydrogen) atoms. The maximum absolute atomic E-state index is 2.51. The number of unbranched alkanes of at least 4 members (excludes halogenated alkanes) is 3. The normalized spacial score (nSPS) is 11.1. The predicted molar refractivity (Wildman–Crippen MR) is 60.6 cm³/mol. The summed E-state index contributed by atoms with van der Waals surface area (Å²) in [6.07, 6.45) is 7.81. The second-order valence-electron chi connectivity index (χ2n) is 3.71. The molecule has 79 valence electrons. The van der Waals surface area contributed by atoms with Crippen molar-refractivity contribution in [3.63, 3.8) is 0 Å². The molecular formula is C12H26N. The summed E-state index contributed by atoms with van der Waals surface area (Å²) in [5.74, 6) is 0.